The van der Waals surface area contributed by atoms with Crippen molar-refractivity contribution >= 4 is 21.8 Å². The fraction of sp³-hybridized carbons (Fsp3) is 0.533. The summed E-state index contributed by atoms with van der Waals surface area (Å²) >= 11 is 3.69. The quantitative estimate of drug-likeness (QED) is 0.806. The second-order valence-electron chi connectivity index (χ2n) is 5.67. The number of aryl methyl sites for hydroxylation is 1. The average molecular weight is 324 g/mol. The molecule has 1 aromatic carbocycles. The van der Waals surface area contributed by atoms with Crippen LogP contribution in [0.1, 0.15) is 41.6 Å². The number of alkyl halides is 1. The molecule has 2 bridgehead atoms. The maximum absolute atomic E-state index is 12.6. The van der Waals surface area contributed by atoms with Gasteiger partial charge in [-0.1, -0.05) is 22.0 Å². The maximum atomic E-state index is 12.6. The van der Waals surface area contributed by atoms with E-state index in [1.54, 1.807) is 6.07 Å². The number of phenolic OH excluding ortho intramolecular Hbond substituents is 1. The van der Waals surface area contributed by atoms with E-state index in [1.165, 1.54) is 0 Å². The van der Waals surface area contributed by atoms with E-state index in [1.807, 2.05) is 24.0 Å². The van der Waals surface area contributed by atoms with Gasteiger partial charge in [-0.2, -0.15) is 0 Å². The number of hydrogen-bond donors (Lipinski definition) is 1. The van der Waals surface area contributed by atoms with E-state index in [0.29, 0.717) is 22.5 Å². The first-order valence-electron chi connectivity index (χ1n) is 6.82. The molecule has 1 amide bonds. The lowest BCUT2D eigenvalue weighted by Crippen LogP contribution is -2.46. The summed E-state index contributed by atoms with van der Waals surface area (Å²) in [5, 5.41) is 9.76. The minimum Gasteiger partial charge on any atom is -0.508 e. The fourth-order valence-electron chi connectivity index (χ4n) is 3.33. The van der Waals surface area contributed by atoms with Crippen LogP contribution in [-0.4, -0.2) is 32.8 Å². The van der Waals surface area contributed by atoms with Crippen molar-refractivity contribution in [3.05, 3.63) is 29.3 Å². The number of amides is 1. The number of hydrogen-bond acceptors (Lipinski definition) is 2. The third kappa shape index (κ3) is 2.27. The Labute approximate surface area is 121 Å². The molecule has 1 N–H and O–H groups in total. The van der Waals surface area contributed by atoms with Crippen molar-refractivity contribution in [2.75, 3.05) is 0 Å². The van der Waals surface area contributed by atoms with E-state index in [9.17, 15) is 9.90 Å². The molecule has 102 valence electrons. The molecular formula is C15H18BrNO2. The van der Waals surface area contributed by atoms with E-state index in [-0.39, 0.29) is 11.7 Å². The minimum atomic E-state index is 0.0715. The molecule has 2 unspecified atom stereocenters. The standard InChI is InChI=1S/C15H18BrNO2/c1-9-2-3-10(6-14(9)18)15(19)17-12-4-5-13(17)8-11(16)7-12/h2-3,6,11-13,18H,4-5,7-8H2,1H3. The van der Waals surface area contributed by atoms with Crippen LogP contribution in [0.25, 0.3) is 0 Å². The zero-order valence-corrected chi connectivity index (χ0v) is 12.6. The Bertz CT molecular complexity index is 503. The molecule has 0 spiro atoms. The summed E-state index contributed by atoms with van der Waals surface area (Å²) in [5.74, 6) is 0.274. The van der Waals surface area contributed by atoms with Gasteiger partial charge in [0.1, 0.15) is 5.75 Å². The van der Waals surface area contributed by atoms with Crippen molar-refractivity contribution in [2.45, 2.75) is 49.5 Å². The number of fused-ring (bicyclic) bond motifs is 2. The SMILES string of the molecule is Cc1ccc(C(=O)N2C3CCC2CC(Br)C3)cc1O. The van der Waals surface area contributed by atoms with Gasteiger partial charge >= 0.3 is 0 Å². The van der Waals surface area contributed by atoms with Gasteiger partial charge in [0.15, 0.2) is 0 Å². The highest BCUT2D eigenvalue weighted by atomic mass is 79.9. The normalized spacial score (nSPS) is 29.6. The smallest absolute Gasteiger partial charge is 0.254 e. The molecule has 4 heteroatoms. The number of carbonyl (C=O) groups excluding carboxylic acids is 1. The molecule has 0 radical (unpaired) electrons. The van der Waals surface area contributed by atoms with Crippen molar-refractivity contribution in [3.8, 4) is 5.75 Å². The van der Waals surface area contributed by atoms with Crippen LogP contribution in [0.2, 0.25) is 0 Å². The number of piperidine rings is 1. The van der Waals surface area contributed by atoms with Crippen molar-refractivity contribution in [3.63, 3.8) is 0 Å². The summed E-state index contributed by atoms with van der Waals surface area (Å²) in [6, 6.07) is 5.94. The van der Waals surface area contributed by atoms with E-state index >= 15 is 0 Å². The number of phenols is 1. The number of benzene rings is 1. The van der Waals surface area contributed by atoms with Crippen LogP contribution >= 0.6 is 15.9 Å². The van der Waals surface area contributed by atoms with Gasteiger partial charge in [0.05, 0.1) is 0 Å². The van der Waals surface area contributed by atoms with Crippen LogP contribution in [0.4, 0.5) is 0 Å². The number of rotatable bonds is 1. The predicted octanol–water partition coefficient (Wildman–Crippen LogP) is 3.23. The second-order valence-corrected chi connectivity index (χ2v) is 6.96. The van der Waals surface area contributed by atoms with Crippen LogP contribution in [0.15, 0.2) is 18.2 Å². The highest BCUT2D eigenvalue weighted by Gasteiger charge is 2.42. The maximum Gasteiger partial charge on any atom is 0.254 e. The van der Waals surface area contributed by atoms with E-state index in [4.69, 9.17) is 0 Å². The summed E-state index contributed by atoms with van der Waals surface area (Å²) in [4.78, 5) is 15.2. The highest BCUT2D eigenvalue weighted by molar-refractivity contribution is 9.09. The summed E-state index contributed by atoms with van der Waals surface area (Å²) in [7, 11) is 0. The first-order valence-corrected chi connectivity index (χ1v) is 7.74. The van der Waals surface area contributed by atoms with Crippen LogP contribution in [-0.2, 0) is 0 Å². The van der Waals surface area contributed by atoms with Crippen LogP contribution < -0.4 is 0 Å². The average Bonchev–Trinajstić information content (AvgIpc) is 2.64. The molecule has 3 rings (SSSR count). The fourth-order valence-corrected chi connectivity index (χ4v) is 4.20. The van der Waals surface area contributed by atoms with Gasteiger partial charge in [0, 0.05) is 22.5 Å². The molecule has 2 saturated heterocycles. The molecule has 2 aliphatic heterocycles. The van der Waals surface area contributed by atoms with Crippen molar-refractivity contribution < 1.29 is 9.90 Å². The summed E-state index contributed by atoms with van der Waals surface area (Å²) in [6.07, 6.45) is 4.30. The van der Waals surface area contributed by atoms with Crippen molar-refractivity contribution in [2.24, 2.45) is 0 Å². The molecule has 2 atom stereocenters. The largest absolute Gasteiger partial charge is 0.508 e. The second kappa shape index (κ2) is 4.82. The molecule has 0 aliphatic carbocycles. The van der Waals surface area contributed by atoms with Crippen LogP contribution in [0.3, 0.4) is 0 Å². The molecule has 2 fully saturated rings. The Kier molecular flexibility index (Phi) is 3.29. The Morgan fingerprint density at radius 2 is 1.95 bits per heavy atom. The van der Waals surface area contributed by atoms with Gasteiger partial charge in [-0.3, -0.25) is 4.79 Å². The van der Waals surface area contributed by atoms with E-state index < -0.39 is 0 Å². The lowest BCUT2D eigenvalue weighted by atomic mass is 10.0. The number of nitrogens with zero attached hydrogens (tertiary/aromatic N) is 1. The zero-order chi connectivity index (χ0) is 13.6. The summed E-state index contributed by atoms with van der Waals surface area (Å²) < 4.78 is 0. The van der Waals surface area contributed by atoms with Crippen LogP contribution in [0, 0.1) is 6.92 Å². The molecule has 2 aliphatic rings. The monoisotopic (exact) mass is 323 g/mol. The molecule has 3 nitrogen and oxygen atoms in total. The molecule has 1 aromatic rings. The molecule has 0 aromatic heterocycles. The third-order valence-corrected chi connectivity index (χ3v) is 5.11. The van der Waals surface area contributed by atoms with E-state index in [2.05, 4.69) is 15.9 Å². The molecular weight excluding hydrogens is 306 g/mol. The number of halogens is 1. The Balaban J connectivity index is 1.86. The van der Waals surface area contributed by atoms with Gasteiger partial charge in [-0.05, 0) is 50.3 Å². The van der Waals surface area contributed by atoms with Gasteiger partial charge in [0.2, 0.25) is 0 Å². The Morgan fingerprint density at radius 3 is 2.53 bits per heavy atom. The van der Waals surface area contributed by atoms with Crippen molar-refractivity contribution in [1.82, 2.24) is 4.90 Å². The van der Waals surface area contributed by atoms with Crippen LogP contribution in [0.5, 0.6) is 5.75 Å². The van der Waals surface area contributed by atoms with Crippen molar-refractivity contribution in [1.29, 1.82) is 0 Å². The predicted molar refractivity (Wildman–Crippen MR) is 77.8 cm³/mol. The minimum absolute atomic E-state index is 0.0715. The lowest BCUT2D eigenvalue weighted by Gasteiger charge is -2.37. The molecule has 2 heterocycles. The first kappa shape index (κ1) is 13.0. The first-order chi connectivity index (χ1) is 9.06. The number of carbonyl (C=O) groups is 1. The zero-order valence-electron chi connectivity index (χ0n) is 11.0. The van der Waals surface area contributed by atoms with Gasteiger partial charge in [-0.15, -0.1) is 0 Å². The Hall–Kier alpha value is -1.03. The van der Waals surface area contributed by atoms with Gasteiger partial charge < -0.3 is 10.0 Å². The third-order valence-electron chi connectivity index (χ3n) is 4.37. The highest BCUT2D eigenvalue weighted by Crippen LogP contribution is 2.39. The molecule has 19 heavy (non-hydrogen) atoms. The summed E-state index contributed by atoms with van der Waals surface area (Å²) in [6.45, 7) is 1.84. The molecule has 0 saturated carbocycles. The summed E-state index contributed by atoms with van der Waals surface area (Å²) in [5.41, 5.74) is 1.41. The Morgan fingerprint density at radius 1 is 1.32 bits per heavy atom. The topological polar surface area (TPSA) is 40.5 Å². The van der Waals surface area contributed by atoms with Gasteiger partial charge in [-0.25, -0.2) is 0 Å². The lowest BCUT2D eigenvalue weighted by molar-refractivity contribution is 0.0603. The van der Waals surface area contributed by atoms with Gasteiger partial charge in [0.25, 0.3) is 5.91 Å². The number of aromatic hydroxyl groups is 1. The van der Waals surface area contributed by atoms with E-state index in [0.717, 1.165) is 31.2 Å².